The van der Waals surface area contributed by atoms with Crippen molar-refractivity contribution in [2.45, 2.75) is 6.92 Å². The number of aromatic carboxylic acids is 1. The van der Waals surface area contributed by atoms with E-state index < -0.39 is 17.7 Å². The van der Waals surface area contributed by atoms with Crippen LogP contribution >= 0.6 is 11.6 Å². The van der Waals surface area contributed by atoms with Gasteiger partial charge in [0.05, 0.1) is 16.3 Å². The van der Waals surface area contributed by atoms with Crippen LogP contribution in [0.15, 0.2) is 36.4 Å². The topological polar surface area (TPSA) is 66.4 Å². The largest absolute Gasteiger partial charge is 0.478 e. The minimum atomic E-state index is -1.28. The molecule has 0 aliphatic heterocycles. The molecule has 0 spiro atoms. The van der Waals surface area contributed by atoms with Crippen LogP contribution < -0.4 is 5.32 Å². The number of anilines is 1. The van der Waals surface area contributed by atoms with Crippen molar-refractivity contribution in [1.29, 1.82) is 0 Å². The quantitative estimate of drug-likeness (QED) is 0.907. The fourth-order valence-electron chi connectivity index (χ4n) is 1.84. The van der Waals surface area contributed by atoms with Crippen LogP contribution in [0, 0.1) is 12.7 Å². The Labute approximate surface area is 125 Å². The molecule has 0 radical (unpaired) electrons. The van der Waals surface area contributed by atoms with Crippen molar-refractivity contribution in [3.63, 3.8) is 0 Å². The molecule has 0 aliphatic rings. The third kappa shape index (κ3) is 3.20. The van der Waals surface area contributed by atoms with E-state index in [1.165, 1.54) is 30.3 Å². The van der Waals surface area contributed by atoms with Gasteiger partial charge in [0, 0.05) is 0 Å². The highest BCUT2D eigenvalue weighted by Gasteiger charge is 2.18. The molecule has 108 valence electrons. The van der Waals surface area contributed by atoms with Crippen LogP contribution in [0.2, 0.25) is 5.02 Å². The van der Waals surface area contributed by atoms with Gasteiger partial charge in [-0.15, -0.1) is 0 Å². The van der Waals surface area contributed by atoms with E-state index in [0.29, 0.717) is 5.56 Å². The third-order valence-corrected chi connectivity index (χ3v) is 3.16. The second-order valence-electron chi connectivity index (χ2n) is 4.40. The Kier molecular flexibility index (Phi) is 4.23. The summed E-state index contributed by atoms with van der Waals surface area (Å²) in [4.78, 5) is 23.2. The predicted molar refractivity (Wildman–Crippen MR) is 77.5 cm³/mol. The van der Waals surface area contributed by atoms with Gasteiger partial charge in [0.25, 0.3) is 5.91 Å². The first-order valence-electron chi connectivity index (χ1n) is 5.99. The molecule has 2 N–H and O–H groups in total. The number of carboxylic acid groups (broad SMARTS) is 1. The van der Waals surface area contributed by atoms with Crippen molar-refractivity contribution in [3.8, 4) is 0 Å². The Balaban J connectivity index is 2.36. The number of carbonyl (C=O) groups excluding carboxylic acids is 1. The number of benzene rings is 2. The first-order chi connectivity index (χ1) is 9.90. The van der Waals surface area contributed by atoms with Crippen molar-refractivity contribution >= 4 is 29.2 Å². The monoisotopic (exact) mass is 307 g/mol. The van der Waals surface area contributed by atoms with Gasteiger partial charge < -0.3 is 10.4 Å². The molecule has 2 aromatic carbocycles. The number of amides is 1. The molecule has 21 heavy (non-hydrogen) atoms. The molecule has 6 heteroatoms. The van der Waals surface area contributed by atoms with E-state index in [1.807, 2.05) is 0 Å². The summed E-state index contributed by atoms with van der Waals surface area (Å²) in [6, 6.07) is 8.44. The van der Waals surface area contributed by atoms with Crippen LogP contribution in [0.1, 0.15) is 26.3 Å². The lowest BCUT2D eigenvalue weighted by molar-refractivity contribution is 0.0698. The van der Waals surface area contributed by atoms with E-state index in [2.05, 4.69) is 5.32 Å². The highest BCUT2D eigenvalue weighted by molar-refractivity contribution is 6.34. The molecule has 0 aromatic heterocycles. The van der Waals surface area contributed by atoms with E-state index >= 15 is 0 Å². The SMILES string of the molecule is Cc1ccc(C(=O)Nc2cccc(Cl)c2C(=O)O)c(F)c1. The van der Waals surface area contributed by atoms with Gasteiger partial charge in [-0.3, -0.25) is 4.79 Å². The first kappa shape index (κ1) is 15.0. The van der Waals surface area contributed by atoms with Gasteiger partial charge >= 0.3 is 5.97 Å². The fraction of sp³-hybridized carbons (Fsp3) is 0.0667. The maximum Gasteiger partial charge on any atom is 0.339 e. The van der Waals surface area contributed by atoms with Gasteiger partial charge in [0.2, 0.25) is 0 Å². The molecule has 0 saturated heterocycles. The van der Waals surface area contributed by atoms with Gasteiger partial charge in [-0.25, -0.2) is 9.18 Å². The highest BCUT2D eigenvalue weighted by Crippen LogP contribution is 2.25. The van der Waals surface area contributed by atoms with Crippen LogP contribution in [0.4, 0.5) is 10.1 Å². The van der Waals surface area contributed by atoms with Crippen LogP contribution in [-0.2, 0) is 0 Å². The normalized spacial score (nSPS) is 10.2. The van der Waals surface area contributed by atoms with E-state index in [-0.39, 0.29) is 21.8 Å². The first-order valence-corrected chi connectivity index (χ1v) is 6.37. The lowest BCUT2D eigenvalue weighted by Crippen LogP contribution is -2.16. The number of hydrogen-bond acceptors (Lipinski definition) is 2. The Hall–Kier alpha value is -2.40. The molecular formula is C15H11ClFNO3. The van der Waals surface area contributed by atoms with Crippen molar-refractivity contribution < 1.29 is 19.1 Å². The number of aryl methyl sites for hydroxylation is 1. The highest BCUT2D eigenvalue weighted by atomic mass is 35.5. The number of rotatable bonds is 3. The Morgan fingerprint density at radius 3 is 2.57 bits per heavy atom. The summed E-state index contributed by atoms with van der Waals surface area (Å²) in [6.07, 6.45) is 0. The molecule has 0 bridgehead atoms. The Morgan fingerprint density at radius 2 is 1.95 bits per heavy atom. The van der Waals surface area contributed by atoms with Gasteiger partial charge in [0.1, 0.15) is 11.4 Å². The van der Waals surface area contributed by atoms with Crippen LogP contribution in [0.25, 0.3) is 0 Å². The molecule has 0 fully saturated rings. The molecule has 2 aromatic rings. The average molecular weight is 308 g/mol. The molecule has 0 aliphatic carbocycles. The maximum absolute atomic E-state index is 13.7. The standard InChI is InChI=1S/C15H11ClFNO3/c1-8-5-6-9(11(17)7-8)14(19)18-12-4-2-3-10(16)13(12)15(20)21/h2-7H,1H3,(H,18,19)(H,20,21). The predicted octanol–water partition coefficient (Wildman–Crippen LogP) is 3.74. The van der Waals surface area contributed by atoms with Crippen molar-refractivity contribution in [2.75, 3.05) is 5.32 Å². The summed E-state index contributed by atoms with van der Waals surface area (Å²) in [5.41, 5.74) is 0.287. The molecule has 0 saturated carbocycles. The van der Waals surface area contributed by atoms with Crippen LogP contribution in [0.5, 0.6) is 0 Å². The van der Waals surface area contributed by atoms with Crippen LogP contribution in [-0.4, -0.2) is 17.0 Å². The Morgan fingerprint density at radius 1 is 1.24 bits per heavy atom. The van der Waals surface area contributed by atoms with Crippen molar-refractivity contribution in [2.24, 2.45) is 0 Å². The van der Waals surface area contributed by atoms with Gasteiger partial charge in [-0.2, -0.15) is 0 Å². The minimum Gasteiger partial charge on any atom is -0.478 e. The summed E-state index contributed by atoms with van der Waals surface area (Å²) >= 11 is 5.80. The molecule has 4 nitrogen and oxygen atoms in total. The molecule has 0 unspecified atom stereocenters. The number of nitrogens with one attached hydrogen (secondary N) is 1. The summed E-state index contributed by atoms with van der Waals surface area (Å²) in [6.45, 7) is 1.70. The smallest absolute Gasteiger partial charge is 0.339 e. The summed E-state index contributed by atoms with van der Waals surface area (Å²) in [7, 11) is 0. The molecule has 0 heterocycles. The molecule has 1 amide bonds. The van der Waals surface area contributed by atoms with Gasteiger partial charge in [-0.05, 0) is 36.8 Å². The number of carbonyl (C=O) groups is 2. The fourth-order valence-corrected chi connectivity index (χ4v) is 2.09. The van der Waals surface area contributed by atoms with E-state index in [0.717, 1.165) is 0 Å². The van der Waals surface area contributed by atoms with Crippen molar-refractivity contribution in [1.82, 2.24) is 0 Å². The second-order valence-corrected chi connectivity index (χ2v) is 4.81. The lowest BCUT2D eigenvalue weighted by Gasteiger charge is -2.10. The lowest BCUT2D eigenvalue weighted by atomic mass is 10.1. The summed E-state index contributed by atoms with van der Waals surface area (Å²) in [5.74, 6) is -2.69. The zero-order chi connectivity index (χ0) is 15.6. The van der Waals surface area contributed by atoms with Gasteiger partial charge in [-0.1, -0.05) is 23.7 Å². The van der Waals surface area contributed by atoms with E-state index in [9.17, 15) is 14.0 Å². The summed E-state index contributed by atoms with van der Waals surface area (Å²) in [5, 5.41) is 11.5. The van der Waals surface area contributed by atoms with E-state index in [1.54, 1.807) is 13.0 Å². The average Bonchev–Trinajstić information content (AvgIpc) is 2.37. The van der Waals surface area contributed by atoms with E-state index in [4.69, 9.17) is 16.7 Å². The van der Waals surface area contributed by atoms with Crippen molar-refractivity contribution in [3.05, 3.63) is 63.9 Å². The van der Waals surface area contributed by atoms with Gasteiger partial charge in [0.15, 0.2) is 0 Å². The zero-order valence-corrected chi connectivity index (χ0v) is 11.7. The zero-order valence-electron chi connectivity index (χ0n) is 11.0. The Bertz CT molecular complexity index is 731. The van der Waals surface area contributed by atoms with Crippen LogP contribution in [0.3, 0.4) is 0 Å². The molecular weight excluding hydrogens is 297 g/mol. The molecule has 2 rings (SSSR count). The molecule has 0 atom stereocenters. The third-order valence-electron chi connectivity index (χ3n) is 2.84. The number of carboxylic acids is 1. The number of halogens is 2. The number of hydrogen-bond donors (Lipinski definition) is 2. The summed E-state index contributed by atoms with van der Waals surface area (Å²) < 4.78 is 13.7. The minimum absolute atomic E-state index is 0.00956. The second kappa shape index (κ2) is 5.93. The maximum atomic E-state index is 13.7.